The molecule has 0 fully saturated rings. The van der Waals surface area contributed by atoms with Crippen molar-refractivity contribution in [1.29, 1.82) is 0 Å². The van der Waals surface area contributed by atoms with Gasteiger partial charge in [-0.1, -0.05) is 29.8 Å². The predicted molar refractivity (Wildman–Crippen MR) is 96.6 cm³/mol. The van der Waals surface area contributed by atoms with Gasteiger partial charge in [-0.05, 0) is 25.1 Å². The van der Waals surface area contributed by atoms with Crippen molar-refractivity contribution in [1.82, 2.24) is 9.55 Å². The molecule has 7 heteroatoms. The van der Waals surface area contributed by atoms with Crippen LogP contribution in [-0.2, 0) is 16.6 Å². The third kappa shape index (κ3) is 2.99. The Morgan fingerprint density at radius 3 is 2.54 bits per heavy atom. The average molecular weight is 371 g/mol. The summed E-state index contributed by atoms with van der Waals surface area (Å²) in [4.78, 5) is 41.7. The molecular weight excluding hydrogens is 356 g/mol. The average Bonchev–Trinajstić information content (AvgIpc) is 2.94. The van der Waals surface area contributed by atoms with Gasteiger partial charge in [0.15, 0.2) is 0 Å². The van der Waals surface area contributed by atoms with Crippen LogP contribution >= 0.6 is 11.6 Å². The summed E-state index contributed by atoms with van der Waals surface area (Å²) in [5, 5.41) is 0.764. The number of Topliss-reactive ketones (excluding diaryl/α,β-unsaturated/α-hetero) is 1. The van der Waals surface area contributed by atoms with Gasteiger partial charge >= 0.3 is 5.97 Å². The van der Waals surface area contributed by atoms with Crippen LogP contribution in [-0.4, -0.2) is 33.7 Å². The summed E-state index contributed by atoms with van der Waals surface area (Å²) in [7, 11) is 1.67. The molecule has 0 saturated carbocycles. The molecule has 2 aromatic heterocycles. The Balaban J connectivity index is 2.23. The third-order valence-corrected chi connectivity index (χ3v) is 4.22. The van der Waals surface area contributed by atoms with E-state index >= 15 is 0 Å². The van der Waals surface area contributed by atoms with Gasteiger partial charge in [0.1, 0.15) is 10.8 Å². The number of esters is 1. The largest absolute Gasteiger partial charge is 0.460 e. The molecular formula is C19H15ClN2O4. The van der Waals surface area contributed by atoms with Crippen LogP contribution in [0.5, 0.6) is 0 Å². The first-order chi connectivity index (χ1) is 12.5. The molecule has 0 atom stereocenters. The van der Waals surface area contributed by atoms with Crippen LogP contribution < -0.4 is 0 Å². The Morgan fingerprint density at radius 2 is 1.88 bits per heavy atom. The second-order valence-electron chi connectivity index (χ2n) is 5.55. The Labute approximate surface area is 154 Å². The van der Waals surface area contributed by atoms with E-state index in [9.17, 15) is 14.4 Å². The van der Waals surface area contributed by atoms with E-state index in [2.05, 4.69) is 4.98 Å². The molecule has 0 spiro atoms. The SMILES string of the molecule is CCOC(=O)C(=O)c1c(C(=O)c2ccc(Cl)nc2)n(C)c2ccccc12. The van der Waals surface area contributed by atoms with Crippen molar-refractivity contribution in [2.45, 2.75) is 6.92 Å². The van der Waals surface area contributed by atoms with E-state index in [1.54, 1.807) is 42.8 Å². The zero-order valence-electron chi connectivity index (χ0n) is 14.2. The molecule has 26 heavy (non-hydrogen) atoms. The maximum Gasteiger partial charge on any atom is 0.379 e. The van der Waals surface area contributed by atoms with Gasteiger partial charge < -0.3 is 9.30 Å². The first-order valence-corrected chi connectivity index (χ1v) is 8.28. The van der Waals surface area contributed by atoms with E-state index in [1.165, 1.54) is 18.3 Å². The number of hydrogen-bond donors (Lipinski definition) is 0. The molecule has 6 nitrogen and oxygen atoms in total. The molecule has 3 aromatic rings. The number of pyridine rings is 1. The second-order valence-corrected chi connectivity index (χ2v) is 5.94. The number of hydrogen-bond acceptors (Lipinski definition) is 5. The van der Waals surface area contributed by atoms with Crippen molar-refractivity contribution in [3.63, 3.8) is 0 Å². The fourth-order valence-electron chi connectivity index (χ4n) is 2.83. The van der Waals surface area contributed by atoms with Gasteiger partial charge in [0.2, 0.25) is 5.78 Å². The standard InChI is InChI=1S/C19H15ClN2O4/c1-3-26-19(25)18(24)15-12-6-4-5-7-13(12)22(2)16(15)17(23)11-8-9-14(20)21-10-11/h4-10H,3H2,1-2H3. The fraction of sp³-hybridized carbons (Fsp3) is 0.158. The number of rotatable bonds is 5. The summed E-state index contributed by atoms with van der Waals surface area (Å²) in [5.74, 6) is -2.28. The number of para-hydroxylation sites is 1. The number of carbonyl (C=O) groups is 3. The van der Waals surface area contributed by atoms with Gasteiger partial charge in [0.25, 0.3) is 5.78 Å². The summed E-state index contributed by atoms with van der Waals surface area (Å²) < 4.78 is 6.43. The molecule has 0 unspecified atom stereocenters. The van der Waals surface area contributed by atoms with Crippen molar-refractivity contribution in [3.8, 4) is 0 Å². The molecule has 0 bridgehead atoms. The van der Waals surface area contributed by atoms with Gasteiger partial charge in [-0.25, -0.2) is 9.78 Å². The molecule has 2 heterocycles. The lowest BCUT2D eigenvalue weighted by Gasteiger charge is -2.07. The topological polar surface area (TPSA) is 78.3 Å². The van der Waals surface area contributed by atoms with Crippen LogP contribution in [0.25, 0.3) is 10.9 Å². The Bertz CT molecular complexity index is 1020. The van der Waals surface area contributed by atoms with E-state index < -0.39 is 17.5 Å². The lowest BCUT2D eigenvalue weighted by molar-refractivity contribution is -0.137. The summed E-state index contributed by atoms with van der Waals surface area (Å²) >= 11 is 5.77. The highest BCUT2D eigenvalue weighted by atomic mass is 35.5. The molecule has 0 saturated heterocycles. The van der Waals surface area contributed by atoms with Gasteiger partial charge in [0.05, 0.1) is 12.2 Å². The number of benzene rings is 1. The Kier molecular flexibility index (Phi) is 4.86. The van der Waals surface area contributed by atoms with Crippen molar-refractivity contribution in [2.24, 2.45) is 7.05 Å². The summed E-state index contributed by atoms with van der Waals surface area (Å²) in [5.41, 5.74) is 1.05. The summed E-state index contributed by atoms with van der Waals surface area (Å²) in [6.07, 6.45) is 1.33. The minimum Gasteiger partial charge on any atom is -0.460 e. The number of ether oxygens (including phenoxy) is 1. The Morgan fingerprint density at radius 1 is 1.15 bits per heavy atom. The van der Waals surface area contributed by atoms with Crippen molar-refractivity contribution in [3.05, 3.63) is 64.6 Å². The van der Waals surface area contributed by atoms with E-state index in [-0.39, 0.29) is 28.6 Å². The van der Waals surface area contributed by atoms with Crippen molar-refractivity contribution < 1.29 is 19.1 Å². The second kappa shape index (κ2) is 7.09. The fourth-order valence-corrected chi connectivity index (χ4v) is 2.95. The normalized spacial score (nSPS) is 10.7. The third-order valence-electron chi connectivity index (χ3n) is 4.00. The van der Waals surface area contributed by atoms with Crippen LogP contribution in [0, 0.1) is 0 Å². The number of aromatic nitrogens is 2. The summed E-state index contributed by atoms with van der Waals surface area (Å²) in [6, 6.07) is 10.0. The van der Waals surface area contributed by atoms with E-state index in [0.717, 1.165) is 0 Å². The number of fused-ring (bicyclic) bond motifs is 1. The number of aryl methyl sites for hydroxylation is 1. The van der Waals surface area contributed by atoms with Gasteiger partial charge in [-0.2, -0.15) is 0 Å². The zero-order valence-corrected chi connectivity index (χ0v) is 14.9. The van der Waals surface area contributed by atoms with Gasteiger partial charge in [0, 0.05) is 29.7 Å². The van der Waals surface area contributed by atoms with E-state index in [4.69, 9.17) is 16.3 Å². The molecule has 3 rings (SSSR count). The molecule has 0 radical (unpaired) electrons. The molecule has 0 N–H and O–H groups in total. The lowest BCUT2D eigenvalue weighted by atomic mass is 10.0. The monoisotopic (exact) mass is 370 g/mol. The number of nitrogens with zero attached hydrogens (tertiary/aromatic N) is 2. The highest BCUT2D eigenvalue weighted by molar-refractivity contribution is 6.45. The predicted octanol–water partition coefficient (Wildman–Crippen LogP) is 3.20. The number of carbonyl (C=O) groups excluding carboxylic acids is 3. The van der Waals surface area contributed by atoms with E-state index in [0.29, 0.717) is 10.9 Å². The van der Waals surface area contributed by atoms with Crippen LogP contribution in [0.1, 0.15) is 33.3 Å². The molecule has 0 amide bonds. The molecule has 132 valence electrons. The van der Waals surface area contributed by atoms with Gasteiger partial charge in [-0.3, -0.25) is 9.59 Å². The zero-order chi connectivity index (χ0) is 18.8. The maximum atomic E-state index is 13.0. The van der Waals surface area contributed by atoms with Crippen molar-refractivity contribution in [2.75, 3.05) is 6.61 Å². The summed E-state index contributed by atoms with van der Waals surface area (Å²) in [6.45, 7) is 1.68. The quantitative estimate of drug-likeness (QED) is 0.298. The smallest absolute Gasteiger partial charge is 0.379 e. The highest BCUT2D eigenvalue weighted by Gasteiger charge is 2.30. The Hall–Kier alpha value is -2.99. The minimum atomic E-state index is -0.993. The number of halogens is 1. The van der Waals surface area contributed by atoms with Crippen LogP contribution in [0.2, 0.25) is 5.15 Å². The van der Waals surface area contributed by atoms with Crippen LogP contribution in [0.15, 0.2) is 42.6 Å². The number of ketones is 2. The minimum absolute atomic E-state index is 0.0292. The van der Waals surface area contributed by atoms with E-state index in [1.807, 2.05) is 0 Å². The molecule has 0 aliphatic carbocycles. The molecule has 0 aliphatic rings. The van der Waals surface area contributed by atoms with Crippen LogP contribution in [0.3, 0.4) is 0 Å². The maximum absolute atomic E-state index is 13.0. The molecule has 1 aromatic carbocycles. The molecule has 0 aliphatic heterocycles. The van der Waals surface area contributed by atoms with Crippen molar-refractivity contribution >= 4 is 40.0 Å². The highest BCUT2D eigenvalue weighted by Crippen LogP contribution is 2.28. The van der Waals surface area contributed by atoms with Gasteiger partial charge in [-0.15, -0.1) is 0 Å². The first-order valence-electron chi connectivity index (χ1n) is 7.90. The first kappa shape index (κ1) is 17.8. The van der Waals surface area contributed by atoms with Crippen LogP contribution in [0.4, 0.5) is 0 Å². The lowest BCUT2D eigenvalue weighted by Crippen LogP contribution is -2.21.